The third kappa shape index (κ3) is 5.39. The number of aliphatic hydroxyl groups excluding tert-OH is 3. The van der Waals surface area contributed by atoms with Crippen molar-refractivity contribution in [3.8, 4) is 28.3 Å². The topological polar surface area (TPSA) is 129 Å². The van der Waals surface area contributed by atoms with Crippen molar-refractivity contribution in [2.45, 2.75) is 37.0 Å². The van der Waals surface area contributed by atoms with Gasteiger partial charge in [0.25, 0.3) is 6.01 Å². The Morgan fingerprint density at radius 2 is 1.62 bits per heavy atom. The van der Waals surface area contributed by atoms with Gasteiger partial charge in [-0.15, -0.1) is 0 Å². The molecule has 3 heterocycles. The standard InChI is InChI=1S/C29H30ClN3O6/c30-22-10-24-23(32-29(33-24)39-26-15-38-27-25(36)14-37-28(26)27)9-21(22)19-7-5-18(6-8-19)17-3-1-16(2-4-17)11-31-20(12-34)13-35/h1-10,20,25-28,31,34-36H,11-15H2,(H,32,33)/t25-,26-,27?,28-/m1/s1. The number of H-pyrrole nitrogens is 1. The molecule has 0 bridgehead atoms. The molecule has 5 N–H and O–H groups in total. The van der Waals surface area contributed by atoms with Crippen molar-refractivity contribution in [1.82, 2.24) is 15.3 Å². The maximum atomic E-state index is 9.95. The summed E-state index contributed by atoms with van der Waals surface area (Å²) in [6.07, 6.45) is -1.66. The van der Waals surface area contributed by atoms with E-state index in [1.165, 1.54) is 0 Å². The van der Waals surface area contributed by atoms with Gasteiger partial charge in [0.05, 0.1) is 48.5 Å². The first-order chi connectivity index (χ1) is 19.0. The van der Waals surface area contributed by atoms with Crippen LogP contribution in [-0.2, 0) is 16.0 Å². The Labute approximate surface area is 230 Å². The lowest BCUT2D eigenvalue weighted by Gasteiger charge is -2.15. The van der Waals surface area contributed by atoms with Crippen molar-refractivity contribution < 1.29 is 29.5 Å². The summed E-state index contributed by atoms with van der Waals surface area (Å²) >= 11 is 6.66. The highest BCUT2D eigenvalue weighted by atomic mass is 35.5. The SMILES string of the molecule is OCC(CO)NCc1ccc(-c2ccc(-c3cc4nc(O[C@@H]5COC6[C@H](O)CO[C@@H]65)[nH]c4cc3Cl)cc2)cc1. The summed E-state index contributed by atoms with van der Waals surface area (Å²) in [4.78, 5) is 7.77. The minimum absolute atomic E-state index is 0.106. The lowest BCUT2D eigenvalue weighted by Crippen LogP contribution is -2.35. The molecule has 9 nitrogen and oxygen atoms in total. The van der Waals surface area contributed by atoms with Crippen LogP contribution in [0.2, 0.25) is 5.02 Å². The number of nitrogens with one attached hydrogen (secondary N) is 2. The first-order valence-corrected chi connectivity index (χ1v) is 13.3. The average molecular weight is 552 g/mol. The molecule has 204 valence electrons. The Balaban J connectivity index is 1.15. The fraction of sp³-hybridized carbons (Fsp3) is 0.345. The third-order valence-electron chi connectivity index (χ3n) is 7.31. The Morgan fingerprint density at radius 1 is 0.949 bits per heavy atom. The zero-order valence-electron chi connectivity index (χ0n) is 21.1. The van der Waals surface area contributed by atoms with Gasteiger partial charge in [0.2, 0.25) is 0 Å². The number of imidazole rings is 1. The second kappa shape index (κ2) is 11.2. The maximum Gasteiger partial charge on any atom is 0.295 e. The van der Waals surface area contributed by atoms with Crippen molar-refractivity contribution in [2.75, 3.05) is 26.4 Å². The molecule has 0 amide bonds. The molecule has 4 atom stereocenters. The zero-order chi connectivity index (χ0) is 26.9. The van der Waals surface area contributed by atoms with Crippen molar-refractivity contribution in [2.24, 2.45) is 0 Å². The highest BCUT2D eigenvalue weighted by molar-refractivity contribution is 6.34. The molecule has 6 rings (SSSR count). The van der Waals surface area contributed by atoms with E-state index in [0.29, 0.717) is 24.2 Å². The molecular weight excluding hydrogens is 522 g/mol. The van der Waals surface area contributed by atoms with Crippen LogP contribution in [0.3, 0.4) is 0 Å². The normalized spacial score (nSPS) is 22.6. The molecule has 10 heteroatoms. The van der Waals surface area contributed by atoms with Crippen molar-refractivity contribution in [3.63, 3.8) is 0 Å². The molecule has 39 heavy (non-hydrogen) atoms. The summed E-state index contributed by atoms with van der Waals surface area (Å²) < 4.78 is 17.3. The third-order valence-corrected chi connectivity index (χ3v) is 7.63. The number of rotatable bonds is 9. The second-order valence-corrected chi connectivity index (χ2v) is 10.3. The highest BCUT2D eigenvalue weighted by Crippen LogP contribution is 2.35. The molecule has 2 aliphatic heterocycles. The van der Waals surface area contributed by atoms with Gasteiger partial charge in [0.15, 0.2) is 6.10 Å². The largest absolute Gasteiger partial charge is 0.456 e. The average Bonchev–Trinajstić information content (AvgIpc) is 3.65. The fourth-order valence-electron chi connectivity index (χ4n) is 5.08. The van der Waals surface area contributed by atoms with Crippen LogP contribution in [0, 0.1) is 0 Å². The van der Waals surface area contributed by atoms with Gasteiger partial charge in [0.1, 0.15) is 18.3 Å². The van der Waals surface area contributed by atoms with E-state index < -0.39 is 6.10 Å². The van der Waals surface area contributed by atoms with Gasteiger partial charge in [-0.1, -0.05) is 60.1 Å². The van der Waals surface area contributed by atoms with Crippen LogP contribution in [0.15, 0.2) is 60.7 Å². The monoisotopic (exact) mass is 551 g/mol. The highest BCUT2D eigenvalue weighted by Gasteiger charge is 2.48. The van der Waals surface area contributed by atoms with Gasteiger partial charge in [-0.05, 0) is 34.4 Å². The Bertz CT molecular complexity index is 1420. The van der Waals surface area contributed by atoms with Gasteiger partial charge >= 0.3 is 0 Å². The number of aliphatic hydroxyl groups is 3. The molecule has 2 fully saturated rings. The molecule has 4 aromatic rings. The molecule has 0 spiro atoms. The summed E-state index contributed by atoms with van der Waals surface area (Å²) in [7, 11) is 0. The zero-order valence-corrected chi connectivity index (χ0v) is 21.8. The predicted octanol–water partition coefficient (Wildman–Crippen LogP) is 2.90. The van der Waals surface area contributed by atoms with Crippen molar-refractivity contribution in [1.29, 1.82) is 0 Å². The van der Waals surface area contributed by atoms with Crippen LogP contribution >= 0.6 is 11.6 Å². The Hall–Kier alpha value is -3.02. The van der Waals surface area contributed by atoms with E-state index in [4.69, 9.17) is 25.8 Å². The molecule has 0 aliphatic carbocycles. The number of hydrogen-bond donors (Lipinski definition) is 5. The minimum atomic E-state index is -0.633. The first-order valence-electron chi connectivity index (χ1n) is 12.9. The Morgan fingerprint density at radius 3 is 2.33 bits per heavy atom. The summed E-state index contributed by atoms with van der Waals surface area (Å²) in [6.45, 7) is 0.927. The number of nitrogens with zero attached hydrogens (tertiary/aromatic N) is 1. The molecule has 1 aromatic heterocycles. The van der Waals surface area contributed by atoms with E-state index in [-0.39, 0.29) is 44.2 Å². The molecular formula is C29H30ClN3O6. The van der Waals surface area contributed by atoms with Crippen LogP contribution in [0.1, 0.15) is 5.56 Å². The van der Waals surface area contributed by atoms with E-state index in [9.17, 15) is 15.3 Å². The molecule has 3 aromatic carbocycles. The smallest absolute Gasteiger partial charge is 0.295 e. The van der Waals surface area contributed by atoms with Gasteiger partial charge in [0, 0.05) is 12.1 Å². The van der Waals surface area contributed by atoms with E-state index >= 15 is 0 Å². The number of fused-ring (bicyclic) bond motifs is 2. The van der Waals surface area contributed by atoms with Gasteiger partial charge in [-0.2, -0.15) is 4.98 Å². The van der Waals surface area contributed by atoms with E-state index in [2.05, 4.69) is 39.6 Å². The quantitative estimate of drug-likeness (QED) is 0.215. The minimum Gasteiger partial charge on any atom is -0.456 e. The fourth-order valence-corrected chi connectivity index (χ4v) is 5.35. The molecule has 0 saturated carbocycles. The lowest BCUT2D eigenvalue weighted by atomic mass is 9.99. The van der Waals surface area contributed by atoms with Gasteiger partial charge in [-0.3, -0.25) is 0 Å². The predicted molar refractivity (Wildman–Crippen MR) is 147 cm³/mol. The van der Waals surface area contributed by atoms with E-state index in [1.807, 2.05) is 36.4 Å². The number of hydrogen-bond acceptors (Lipinski definition) is 8. The van der Waals surface area contributed by atoms with Crippen molar-refractivity contribution >= 4 is 22.6 Å². The summed E-state index contributed by atoms with van der Waals surface area (Å²) in [5, 5.41) is 32.1. The summed E-state index contributed by atoms with van der Waals surface area (Å²) in [5.41, 5.74) is 6.55. The van der Waals surface area contributed by atoms with E-state index in [0.717, 1.165) is 38.9 Å². The van der Waals surface area contributed by atoms with Crippen LogP contribution in [0.5, 0.6) is 6.01 Å². The summed E-state index contributed by atoms with van der Waals surface area (Å²) in [6, 6.07) is 20.2. The second-order valence-electron chi connectivity index (χ2n) is 9.93. The number of halogens is 1. The van der Waals surface area contributed by atoms with E-state index in [1.54, 1.807) is 0 Å². The van der Waals surface area contributed by atoms with Crippen molar-refractivity contribution in [3.05, 3.63) is 71.2 Å². The number of benzene rings is 3. The molecule has 2 saturated heterocycles. The number of aromatic nitrogens is 2. The summed E-state index contributed by atoms with van der Waals surface area (Å²) in [5.74, 6) is 0. The van der Waals surface area contributed by atoms with Gasteiger partial charge < -0.3 is 39.8 Å². The molecule has 0 radical (unpaired) electrons. The van der Waals surface area contributed by atoms with Crippen LogP contribution in [-0.4, -0.2) is 82.2 Å². The lowest BCUT2D eigenvalue weighted by molar-refractivity contribution is 0.00706. The number of ether oxygens (including phenoxy) is 3. The Kier molecular flexibility index (Phi) is 7.55. The maximum absolute atomic E-state index is 9.95. The first kappa shape index (κ1) is 26.2. The van der Waals surface area contributed by atoms with Crippen LogP contribution in [0.25, 0.3) is 33.3 Å². The van der Waals surface area contributed by atoms with Gasteiger partial charge in [-0.25, -0.2) is 0 Å². The molecule has 1 unspecified atom stereocenters. The molecule has 2 aliphatic rings. The number of aromatic amines is 1. The van der Waals surface area contributed by atoms with Crippen LogP contribution in [0.4, 0.5) is 0 Å². The van der Waals surface area contributed by atoms with Crippen LogP contribution < -0.4 is 10.1 Å².